The van der Waals surface area contributed by atoms with Crippen molar-refractivity contribution in [3.05, 3.63) is 91.0 Å². The zero-order valence-corrected chi connectivity index (χ0v) is 21.3. The van der Waals surface area contributed by atoms with Gasteiger partial charge in [-0.15, -0.1) is 0 Å². The molecule has 1 aromatic heterocycles. The monoisotopic (exact) mass is 560 g/mol. The summed E-state index contributed by atoms with van der Waals surface area (Å²) in [7, 11) is 0. The van der Waals surface area contributed by atoms with Crippen molar-refractivity contribution in [3.63, 3.8) is 0 Å². The standard InChI is InChI=1S/C25H23BrClFN4O3/c1-15-10-31-21(14-30(15)23(33)17-7-8-19(26)20(27)9-17)22-24(34)29(11-16-5-3-2-4-6-16)12-18(28)13-32(22)25(31)35/h2-9,15,18H,10-14H2,1H3/t15-,18+/m0/s1. The van der Waals surface area contributed by atoms with Gasteiger partial charge in [0.15, 0.2) is 0 Å². The number of nitrogens with zero attached hydrogens (tertiary/aromatic N) is 4. The lowest BCUT2D eigenvalue weighted by Crippen LogP contribution is -2.47. The highest BCUT2D eigenvalue weighted by molar-refractivity contribution is 9.10. The van der Waals surface area contributed by atoms with Crippen molar-refractivity contribution < 1.29 is 14.0 Å². The molecule has 182 valence electrons. The Morgan fingerprint density at radius 1 is 1.09 bits per heavy atom. The van der Waals surface area contributed by atoms with Crippen LogP contribution in [0.3, 0.4) is 0 Å². The summed E-state index contributed by atoms with van der Waals surface area (Å²) in [5.74, 6) is -0.662. The molecule has 0 unspecified atom stereocenters. The predicted molar refractivity (Wildman–Crippen MR) is 133 cm³/mol. The first-order valence-electron chi connectivity index (χ1n) is 11.3. The van der Waals surface area contributed by atoms with E-state index < -0.39 is 17.8 Å². The second-order valence-electron chi connectivity index (χ2n) is 8.98. The molecule has 0 saturated heterocycles. The van der Waals surface area contributed by atoms with Crippen molar-refractivity contribution in [2.45, 2.75) is 45.3 Å². The molecule has 0 aliphatic carbocycles. The molecule has 3 heterocycles. The van der Waals surface area contributed by atoms with Crippen molar-refractivity contribution in [2.75, 3.05) is 6.54 Å². The summed E-state index contributed by atoms with van der Waals surface area (Å²) < 4.78 is 18.4. The molecular weight excluding hydrogens is 539 g/mol. The predicted octanol–water partition coefficient (Wildman–Crippen LogP) is 4.10. The molecule has 2 atom stereocenters. The van der Waals surface area contributed by atoms with Crippen LogP contribution in [0.25, 0.3) is 0 Å². The Kier molecular flexibility index (Phi) is 6.31. The summed E-state index contributed by atoms with van der Waals surface area (Å²) in [4.78, 5) is 43.3. The van der Waals surface area contributed by atoms with Crippen molar-refractivity contribution in [2.24, 2.45) is 0 Å². The molecule has 35 heavy (non-hydrogen) atoms. The molecule has 0 N–H and O–H groups in total. The maximum Gasteiger partial charge on any atom is 0.329 e. The Morgan fingerprint density at radius 3 is 2.54 bits per heavy atom. The second kappa shape index (κ2) is 9.28. The minimum atomic E-state index is -1.38. The Balaban J connectivity index is 1.52. The Morgan fingerprint density at radius 2 is 1.83 bits per heavy atom. The van der Waals surface area contributed by atoms with Gasteiger partial charge < -0.3 is 9.80 Å². The topological polar surface area (TPSA) is 67.6 Å². The highest BCUT2D eigenvalue weighted by atomic mass is 79.9. The molecule has 2 aliphatic rings. The number of carbonyl (C=O) groups excluding carboxylic acids is 2. The minimum absolute atomic E-state index is 0.0626. The van der Waals surface area contributed by atoms with Crippen LogP contribution in [0.15, 0.2) is 57.8 Å². The van der Waals surface area contributed by atoms with Crippen LogP contribution in [-0.4, -0.2) is 49.5 Å². The molecule has 0 bridgehead atoms. The van der Waals surface area contributed by atoms with Crippen LogP contribution in [0.2, 0.25) is 5.02 Å². The van der Waals surface area contributed by atoms with Gasteiger partial charge in [0.1, 0.15) is 11.9 Å². The number of hydrogen-bond donors (Lipinski definition) is 0. The maximum atomic E-state index is 14.9. The van der Waals surface area contributed by atoms with Gasteiger partial charge in [-0.3, -0.25) is 18.7 Å². The fourth-order valence-electron chi connectivity index (χ4n) is 4.81. The van der Waals surface area contributed by atoms with Gasteiger partial charge in [-0.05, 0) is 46.6 Å². The van der Waals surface area contributed by atoms with Gasteiger partial charge in [-0.25, -0.2) is 9.18 Å². The van der Waals surface area contributed by atoms with E-state index in [9.17, 15) is 18.8 Å². The van der Waals surface area contributed by atoms with Crippen LogP contribution in [0.5, 0.6) is 0 Å². The quantitative estimate of drug-likeness (QED) is 0.484. The number of rotatable bonds is 3. The highest BCUT2D eigenvalue weighted by Crippen LogP contribution is 2.28. The zero-order chi connectivity index (χ0) is 24.9. The van der Waals surface area contributed by atoms with Crippen LogP contribution in [0.1, 0.15) is 39.0 Å². The molecule has 0 radical (unpaired) electrons. The molecule has 0 saturated carbocycles. The van der Waals surface area contributed by atoms with Crippen LogP contribution < -0.4 is 5.69 Å². The normalized spacial score (nSPS) is 19.8. The molecule has 2 aromatic carbocycles. The molecule has 7 nitrogen and oxygen atoms in total. The second-order valence-corrected chi connectivity index (χ2v) is 10.2. The lowest BCUT2D eigenvalue weighted by atomic mass is 10.1. The molecule has 2 amide bonds. The number of aromatic nitrogens is 2. The number of amides is 2. The minimum Gasteiger partial charge on any atom is -0.330 e. The molecule has 3 aromatic rings. The fraction of sp³-hybridized carbons (Fsp3) is 0.320. The lowest BCUT2D eigenvalue weighted by molar-refractivity contribution is 0.0600. The van der Waals surface area contributed by atoms with Gasteiger partial charge >= 0.3 is 5.69 Å². The molecule has 0 fully saturated rings. The molecular formula is C25H23BrClFN4O3. The van der Waals surface area contributed by atoms with Crippen molar-refractivity contribution in [1.29, 1.82) is 0 Å². The SMILES string of the molecule is C[C@H]1Cn2c(c3n(c2=O)C[C@H](F)CN(Cc2ccccc2)C3=O)CN1C(=O)c1ccc(Br)c(Cl)c1. The van der Waals surface area contributed by atoms with Crippen LogP contribution in [-0.2, 0) is 26.2 Å². The molecule has 0 spiro atoms. The van der Waals surface area contributed by atoms with Crippen molar-refractivity contribution in [3.8, 4) is 0 Å². The summed E-state index contributed by atoms with van der Waals surface area (Å²) in [5, 5.41) is 0.413. The molecule has 2 aliphatic heterocycles. The van der Waals surface area contributed by atoms with Crippen LogP contribution >= 0.6 is 27.5 Å². The van der Waals surface area contributed by atoms with Gasteiger partial charge in [0.2, 0.25) is 0 Å². The largest absolute Gasteiger partial charge is 0.330 e. The number of benzene rings is 2. The van der Waals surface area contributed by atoms with Gasteiger partial charge in [0.05, 0.1) is 30.4 Å². The first kappa shape index (κ1) is 23.8. The number of fused-ring (bicyclic) bond motifs is 3. The highest BCUT2D eigenvalue weighted by Gasteiger charge is 2.38. The van der Waals surface area contributed by atoms with E-state index in [1.54, 1.807) is 23.1 Å². The van der Waals surface area contributed by atoms with E-state index in [0.717, 1.165) is 5.56 Å². The van der Waals surface area contributed by atoms with Gasteiger partial charge in [-0.1, -0.05) is 41.9 Å². The number of carbonyl (C=O) groups is 2. The fourth-order valence-corrected chi connectivity index (χ4v) is 5.24. The first-order chi connectivity index (χ1) is 16.7. The third-order valence-electron chi connectivity index (χ3n) is 6.56. The average molecular weight is 562 g/mol. The third kappa shape index (κ3) is 4.31. The van der Waals surface area contributed by atoms with Crippen LogP contribution in [0, 0.1) is 0 Å². The Hall–Kier alpha value is -2.91. The van der Waals surface area contributed by atoms with Crippen molar-refractivity contribution in [1.82, 2.24) is 18.9 Å². The number of alkyl halides is 1. The van der Waals surface area contributed by atoms with Gasteiger partial charge in [0.25, 0.3) is 11.8 Å². The smallest absolute Gasteiger partial charge is 0.329 e. The summed E-state index contributed by atoms with van der Waals surface area (Å²) in [6.45, 7) is 2.05. The van der Waals surface area contributed by atoms with E-state index in [1.165, 1.54) is 14.0 Å². The van der Waals surface area contributed by atoms with E-state index in [1.807, 2.05) is 37.3 Å². The third-order valence-corrected chi connectivity index (χ3v) is 7.79. The van der Waals surface area contributed by atoms with Crippen molar-refractivity contribution >= 4 is 39.3 Å². The summed E-state index contributed by atoms with van der Waals surface area (Å²) in [6, 6.07) is 14.0. The summed E-state index contributed by atoms with van der Waals surface area (Å²) >= 11 is 9.52. The van der Waals surface area contributed by atoms with E-state index in [-0.39, 0.29) is 50.4 Å². The molecule has 10 heteroatoms. The number of halogens is 3. The summed E-state index contributed by atoms with van der Waals surface area (Å²) in [6.07, 6.45) is -1.38. The lowest BCUT2D eigenvalue weighted by Gasteiger charge is -2.34. The van der Waals surface area contributed by atoms with E-state index in [0.29, 0.717) is 20.8 Å². The maximum absolute atomic E-state index is 14.9. The zero-order valence-electron chi connectivity index (χ0n) is 19.0. The van der Waals surface area contributed by atoms with E-state index >= 15 is 0 Å². The average Bonchev–Trinajstić information content (AvgIpc) is 3.02. The van der Waals surface area contributed by atoms with Crippen LogP contribution in [0.4, 0.5) is 4.39 Å². The molecule has 5 rings (SSSR count). The Bertz CT molecular complexity index is 1370. The summed E-state index contributed by atoms with van der Waals surface area (Å²) in [5.41, 5.74) is 1.45. The van der Waals surface area contributed by atoms with Gasteiger partial charge in [-0.2, -0.15) is 0 Å². The Labute approximate surface area is 214 Å². The van der Waals surface area contributed by atoms with Gasteiger partial charge in [0, 0.05) is 29.2 Å². The first-order valence-corrected chi connectivity index (χ1v) is 12.5. The van der Waals surface area contributed by atoms with E-state index in [2.05, 4.69) is 15.9 Å². The van der Waals surface area contributed by atoms with E-state index in [4.69, 9.17) is 11.6 Å². The number of hydrogen-bond acceptors (Lipinski definition) is 3. The number of imidazole rings is 1.